The van der Waals surface area contributed by atoms with Gasteiger partial charge in [-0.1, -0.05) is 166 Å². The molecule has 9 aromatic carbocycles. The van der Waals surface area contributed by atoms with Crippen LogP contribution in [0.5, 0.6) is 0 Å². The van der Waals surface area contributed by atoms with Crippen molar-refractivity contribution in [3.8, 4) is 44.5 Å². The first-order chi connectivity index (χ1) is 28.0. The summed E-state index contributed by atoms with van der Waals surface area (Å²) in [6, 6.07) is 72.7. The molecule has 0 saturated carbocycles. The van der Waals surface area contributed by atoms with E-state index in [1.807, 2.05) is 6.07 Å². The van der Waals surface area contributed by atoms with Crippen LogP contribution >= 0.6 is 0 Å². The maximum Gasteiger partial charge on any atom is 0.136 e. The second-order valence-corrected chi connectivity index (χ2v) is 15.7. The Balaban J connectivity index is 1.09. The number of fused-ring (bicyclic) bond motifs is 7. The molecule has 2 heteroatoms. The van der Waals surface area contributed by atoms with Crippen molar-refractivity contribution < 1.29 is 4.42 Å². The Labute approximate surface area is 332 Å². The third-order valence-corrected chi connectivity index (χ3v) is 12.1. The van der Waals surface area contributed by atoms with Gasteiger partial charge in [0, 0.05) is 33.1 Å². The second-order valence-electron chi connectivity index (χ2n) is 15.7. The monoisotopic (exact) mass is 729 g/mol. The van der Waals surface area contributed by atoms with Gasteiger partial charge < -0.3 is 9.32 Å². The van der Waals surface area contributed by atoms with E-state index in [0.717, 1.165) is 50.1 Å². The molecule has 1 heterocycles. The standard InChI is InChI=1S/C55H39NO/c1-55(2)49-24-8-5-20-46(49)47-33-30-39(35-50(47)55)44-19-6-9-25-51(44)56(40-31-28-37(29-32-40)43-22-12-15-36-14-3-4-18-42(36)43)41-17-11-16-38(34-41)45-23-13-27-53-54(45)48-21-7-10-26-52(48)57-53/h3-35H,1-2H3. The minimum atomic E-state index is -0.0966. The highest BCUT2D eigenvalue weighted by atomic mass is 16.3. The maximum atomic E-state index is 6.33. The van der Waals surface area contributed by atoms with E-state index in [4.69, 9.17) is 4.42 Å². The zero-order valence-electron chi connectivity index (χ0n) is 31.9. The van der Waals surface area contributed by atoms with Crippen molar-refractivity contribution in [2.45, 2.75) is 19.3 Å². The molecular weight excluding hydrogens is 691 g/mol. The Morgan fingerprint density at radius 2 is 1.00 bits per heavy atom. The summed E-state index contributed by atoms with van der Waals surface area (Å²) < 4.78 is 6.33. The number of furan rings is 1. The SMILES string of the molecule is CC1(C)c2ccccc2-c2ccc(-c3ccccc3N(c3ccc(-c4cccc5ccccc45)cc3)c3cccc(-c4cccc5oc6ccccc6c45)c3)cc21. The van der Waals surface area contributed by atoms with Crippen molar-refractivity contribution >= 4 is 49.8 Å². The van der Waals surface area contributed by atoms with Crippen LogP contribution in [-0.4, -0.2) is 0 Å². The predicted molar refractivity (Wildman–Crippen MR) is 240 cm³/mol. The summed E-state index contributed by atoms with van der Waals surface area (Å²) in [5.41, 5.74) is 17.5. The van der Waals surface area contributed by atoms with Crippen LogP contribution < -0.4 is 4.90 Å². The Kier molecular flexibility index (Phi) is 7.55. The molecule has 0 spiro atoms. The van der Waals surface area contributed by atoms with Gasteiger partial charge in [-0.2, -0.15) is 0 Å². The van der Waals surface area contributed by atoms with Gasteiger partial charge in [-0.05, 0) is 109 Å². The Hall–Kier alpha value is -7.16. The number of benzene rings is 9. The van der Waals surface area contributed by atoms with Gasteiger partial charge in [-0.15, -0.1) is 0 Å². The normalized spacial score (nSPS) is 12.9. The van der Waals surface area contributed by atoms with Gasteiger partial charge in [0.25, 0.3) is 0 Å². The fourth-order valence-electron chi connectivity index (χ4n) is 9.31. The molecule has 270 valence electrons. The lowest BCUT2D eigenvalue weighted by atomic mass is 9.81. The van der Waals surface area contributed by atoms with E-state index in [0.29, 0.717) is 0 Å². The van der Waals surface area contributed by atoms with Crippen molar-refractivity contribution in [1.82, 2.24) is 0 Å². The van der Waals surface area contributed by atoms with Crippen molar-refractivity contribution in [3.63, 3.8) is 0 Å². The molecule has 0 atom stereocenters. The second kappa shape index (κ2) is 13.0. The van der Waals surface area contributed by atoms with Crippen LogP contribution in [0.25, 0.3) is 77.2 Å². The van der Waals surface area contributed by atoms with Crippen LogP contribution in [-0.2, 0) is 5.41 Å². The molecule has 10 aromatic rings. The molecule has 57 heavy (non-hydrogen) atoms. The third-order valence-electron chi connectivity index (χ3n) is 12.1. The molecule has 1 aliphatic rings. The molecule has 2 nitrogen and oxygen atoms in total. The van der Waals surface area contributed by atoms with Gasteiger partial charge in [0.15, 0.2) is 0 Å². The van der Waals surface area contributed by atoms with Gasteiger partial charge in [0.2, 0.25) is 0 Å². The molecular formula is C55H39NO. The zero-order valence-corrected chi connectivity index (χ0v) is 31.9. The largest absolute Gasteiger partial charge is 0.456 e. The average molecular weight is 730 g/mol. The number of anilines is 3. The highest BCUT2D eigenvalue weighted by Gasteiger charge is 2.35. The minimum Gasteiger partial charge on any atom is -0.456 e. The molecule has 0 aliphatic heterocycles. The number of hydrogen-bond acceptors (Lipinski definition) is 2. The fraction of sp³-hybridized carbons (Fsp3) is 0.0545. The van der Waals surface area contributed by atoms with Crippen molar-refractivity contribution in [1.29, 1.82) is 0 Å². The summed E-state index contributed by atoms with van der Waals surface area (Å²) in [6.45, 7) is 4.71. The van der Waals surface area contributed by atoms with Crippen LogP contribution in [0, 0.1) is 0 Å². The highest BCUT2D eigenvalue weighted by Crippen LogP contribution is 2.51. The molecule has 1 aromatic heterocycles. The number of nitrogens with zero attached hydrogens (tertiary/aromatic N) is 1. The summed E-state index contributed by atoms with van der Waals surface area (Å²) >= 11 is 0. The molecule has 0 radical (unpaired) electrons. The van der Waals surface area contributed by atoms with E-state index in [1.54, 1.807) is 0 Å². The van der Waals surface area contributed by atoms with E-state index in [2.05, 4.69) is 213 Å². The summed E-state index contributed by atoms with van der Waals surface area (Å²) in [5, 5.41) is 4.76. The number of rotatable bonds is 6. The van der Waals surface area contributed by atoms with Crippen molar-refractivity contribution in [2.24, 2.45) is 0 Å². The average Bonchev–Trinajstić information content (AvgIpc) is 3.76. The third kappa shape index (κ3) is 5.33. The van der Waals surface area contributed by atoms with Gasteiger partial charge >= 0.3 is 0 Å². The number of para-hydroxylation sites is 2. The quantitative estimate of drug-likeness (QED) is 0.169. The molecule has 1 aliphatic carbocycles. The first-order valence-corrected chi connectivity index (χ1v) is 19.8. The summed E-state index contributed by atoms with van der Waals surface area (Å²) in [5.74, 6) is 0. The summed E-state index contributed by atoms with van der Waals surface area (Å²) in [6.07, 6.45) is 0. The van der Waals surface area contributed by atoms with Crippen LogP contribution in [0.4, 0.5) is 17.1 Å². The van der Waals surface area contributed by atoms with E-state index in [-0.39, 0.29) is 5.41 Å². The van der Waals surface area contributed by atoms with Crippen LogP contribution in [0.3, 0.4) is 0 Å². The predicted octanol–water partition coefficient (Wildman–Crippen LogP) is 15.5. The maximum absolute atomic E-state index is 6.33. The van der Waals surface area contributed by atoms with Gasteiger partial charge in [-0.3, -0.25) is 0 Å². The lowest BCUT2D eigenvalue weighted by Gasteiger charge is -2.29. The molecule has 0 saturated heterocycles. The van der Waals surface area contributed by atoms with Gasteiger partial charge in [-0.25, -0.2) is 0 Å². The minimum absolute atomic E-state index is 0.0966. The molecule has 0 N–H and O–H groups in total. The van der Waals surface area contributed by atoms with Crippen LogP contribution in [0.15, 0.2) is 205 Å². The number of hydrogen-bond donors (Lipinski definition) is 0. The first kappa shape index (κ1) is 33.2. The van der Waals surface area contributed by atoms with E-state index in [9.17, 15) is 0 Å². The molecule has 11 rings (SSSR count). The van der Waals surface area contributed by atoms with Crippen molar-refractivity contribution in [3.05, 3.63) is 211 Å². The van der Waals surface area contributed by atoms with Crippen LogP contribution in [0.2, 0.25) is 0 Å². The zero-order chi connectivity index (χ0) is 38.1. The summed E-state index contributed by atoms with van der Waals surface area (Å²) in [4.78, 5) is 2.42. The fourth-order valence-corrected chi connectivity index (χ4v) is 9.31. The molecule has 0 bridgehead atoms. The Morgan fingerprint density at radius 3 is 1.89 bits per heavy atom. The smallest absolute Gasteiger partial charge is 0.136 e. The lowest BCUT2D eigenvalue weighted by Crippen LogP contribution is -2.15. The molecule has 0 fully saturated rings. The van der Waals surface area contributed by atoms with Gasteiger partial charge in [0.1, 0.15) is 11.2 Å². The Bertz CT molecular complexity index is 3160. The lowest BCUT2D eigenvalue weighted by molar-refractivity contribution is 0.660. The van der Waals surface area contributed by atoms with E-state index < -0.39 is 0 Å². The van der Waals surface area contributed by atoms with Crippen molar-refractivity contribution in [2.75, 3.05) is 4.90 Å². The Morgan fingerprint density at radius 1 is 0.386 bits per heavy atom. The van der Waals surface area contributed by atoms with E-state index in [1.165, 1.54) is 55.3 Å². The topological polar surface area (TPSA) is 16.4 Å². The van der Waals surface area contributed by atoms with E-state index >= 15 is 0 Å². The first-order valence-electron chi connectivity index (χ1n) is 19.8. The summed E-state index contributed by atoms with van der Waals surface area (Å²) in [7, 11) is 0. The van der Waals surface area contributed by atoms with Crippen LogP contribution in [0.1, 0.15) is 25.0 Å². The molecule has 0 amide bonds. The van der Waals surface area contributed by atoms with Gasteiger partial charge in [0.05, 0.1) is 5.69 Å². The molecule has 0 unspecified atom stereocenters. The highest BCUT2D eigenvalue weighted by molar-refractivity contribution is 6.12.